The zero-order valence-electron chi connectivity index (χ0n) is 16.4. The summed E-state index contributed by atoms with van der Waals surface area (Å²) in [6.07, 6.45) is -7.52. The number of ether oxygens (including phenoxy) is 2. The Morgan fingerprint density at radius 3 is 2.22 bits per heavy atom. The van der Waals surface area contributed by atoms with Crippen molar-refractivity contribution in [2.75, 3.05) is 6.61 Å². The second-order valence-corrected chi connectivity index (χ2v) is 7.18. The highest BCUT2D eigenvalue weighted by Crippen LogP contribution is 2.40. The highest BCUT2D eigenvalue weighted by molar-refractivity contribution is 5.88. The number of aromatic hydroxyl groups is 3. The summed E-state index contributed by atoms with van der Waals surface area (Å²) in [6.45, 7) is -0.627. The van der Waals surface area contributed by atoms with Gasteiger partial charge in [-0.1, -0.05) is 0 Å². The van der Waals surface area contributed by atoms with Crippen LogP contribution in [0.1, 0.15) is 0 Å². The SMILES string of the molecule is OC[C@H]1O[C@@H](Oc2cc3c(O)cc(O)cc3[o+]c2-c2ccc(O)cc2)[C@H](O)[C@H](O)[C@H]1O.[Cl-]. The summed E-state index contributed by atoms with van der Waals surface area (Å²) < 4.78 is 17.0. The van der Waals surface area contributed by atoms with Crippen molar-refractivity contribution in [3.8, 4) is 34.3 Å². The van der Waals surface area contributed by atoms with Crippen molar-refractivity contribution in [3.05, 3.63) is 42.5 Å². The van der Waals surface area contributed by atoms with Crippen LogP contribution in [-0.4, -0.2) is 73.1 Å². The molecular weight excluding hydrogens is 448 g/mol. The molecule has 1 aromatic heterocycles. The maximum Gasteiger partial charge on any atom is 0.402 e. The van der Waals surface area contributed by atoms with Gasteiger partial charge >= 0.3 is 11.3 Å². The van der Waals surface area contributed by atoms with Crippen LogP contribution in [0, 0.1) is 0 Å². The van der Waals surface area contributed by atoms with E-state index in [0.29, 0.717) is 5.56 Å². The van der Waals surface area contributed by atoms with Crippen molar-refractivity contribution in [2.24, 2.45) is 0 Å². The lowest BCUT2D eigenvalue weighted by molar-refractivity contribution is -0.277. The second-order valence-electron chi connectivity index (χ2n) is 7.18. The van der Waals surface area contributed by atoms with Crippen LogP contribution in [0.5, 0.6) is 23.0 Å². The molecule has 0 amide bonds. The van der Waals surface area contributed by atoms with Gasteiger partial charge in [0.05, 0.1) is 18.2 Å². The van der Waals surface area contributed by atoms with Gasteiger partial charge in [-0.3, -0.25) is 0 Å². The van der Waals surface area contributed by atoms with E-state index in [-0.39, 0.29) is 52.1 Å². The van der Waals surface area contributed by atoms with Crippen LogP contribution in [0.25, 0.3) is 22.3 Å². The molecule has 1 aliphatic heterocycles. The number of phenols is 3. The topological polar surface area (TPSA) is 171 Å². The molecule has 11 heteroatoms. The fourth-order valence-electron chi connectivity index (χ4n) is 3.38. The van der Waals surface area contributed by atoms with E-state index in [1.165, 1.54) is 36.4 Å². The summed E-state index contributed by atoms with van der Waals surface area (Å²) in [6, 6.07) is 9.66. The second kappa shape index (κ2) is 9.33. The number of fused-ring (bicyclic) bond motifs is 1. The van der Waals surface area contributed by atoms with E-state index >= 15 is 0 Å². The third-order valence-electron chi connectivity index (χ3n) is 5.04. The minimum Gasteiger partial charge on any atom is -1.00 e. The molecule has 1 aliphatic rings. The maximum atomic E-state index is 10.3. The quantitative estimate of drug-likeness (QED) is 0.206. The molecular formula is C21H21ClO10. The molecule has 10 nitrogen and oxygen atoms in total. The molecule has 0 bridgehead atoms. The van der Waals surface area contributed by atoms with Crippen LogP contribution < -0.4 is 17.1 Å². The fourth-order valence-corrected chi connectivity index (χ4v) is 3.38. The van der Waals surface area contributed by atoms with E-state index in [0.717, 1.165) is 6.07 Å². The van der Waals surface area contributed by atoms with Crippen molar-refractivity contribution in [1.29, 1.82) is 0 Å². The smallest absolute Gasteiger partial charge is 0.402 e. The predicted molar refractivity (Wildman–Crippen MR) is 105 cm³/mol. The van der Waals surface area contributed by atoms with Gasteiger partial charge in [0, 0.05) is 12.1 Å². The van der Waals surface area contributed by atoms with E-state index in [4.69, 9.17) is 13.9 Å². The Labute approximate surface area is 187 Å². The van der Waals surface area contributed by atoms with Gasteiger partial charge in [-0.2, -0.15) is 0 Å². The summed E-state index contributed by atoms with van der Waals surface area (Å²) in [5.74, 6) is -0.420. The van der Waals surface area contributed by atoms with E-state index < -0.39 is 37.3 Å². The van der Waals surface area contributed by atoms with Gasteiger partial charge in [0.2, 0.25) is 12.0 Å². The average Bonchev–Trinajstić information content (AvgIpc) is 2.74. The van der Waals surface area contributed by atoms with E-state index in [9.17, 15) is 35.7 Å². The molecule has 172 valence electrons. The number of hydrogen-bond acceptors (Lipinski definition) is 9. The van der Waals surface area contributed by atoms with Crippen molar-refractivity contribution in [3.63, 3.8) is 0 Å². The summed E-state index contributed by atoms with van der Waals surface area (Å²) in [4.78, 5) is 0. The minimum absolute atomic E-state index is 0. The van der Waals surface area contributed by atoms with Crippen molar-refractivity contribution >= 4 is 11.0 Å². The minimum atomic E-state index is -1.66. The van der Waals surface area contributed by atoms with Gasteiger partial charge in [-0.25, -0.2) is 4.42 Å². The summed E-state index contributed by atoms with van der Waals surface area (Å²) in [5, 5.41) is 69.4. The summed E-state index contributed by atoms with van der Waals surface area (Å²) >= 11 is 0. The first kappa shape index (κ1) is 23.8. The molecule has 4 rings (SSSR count). The number of aliphatic hydroxyl groups is 4. The van der Waals surface area contributed by atoms with Gasteiger partial charge in [0.25, 0.3) is 0 Å². The molecule has 32 heavy (non-hydrogen) atoms. The predicted octanol–water partition coefficient (Wildman–Crippen LogP) is -2.32. The molecule has 0 aliphatic carbocycles. The molecule has 2 heterocycles. The molecule has 7 N–H and O–H groups in total. The maximum absolute atomic E-state index is 10.3. The van der Waals surface area contributed by atoms with Crippen LogP contribution in [0.4, 0.5) is 0 Å². The van der Waals surface area contributed by atoms with Gasteiger partial charge in [0.1, 0.15) is 47.1 Å². The molecule has 0 unspecified atom stereocenters. The lowest BCUT2D eigenvalue weighted by atomic mass is 9.99. The van der Waals surface area contributed by atoms with Crippen LogP contribution in [0.3, 0.4) is 0 Å². The first-order valence-corrected chi connectivity index (χ1v) is 9.38. The standard InChI is InChI=1S/C21H20O10.ClH/c22-8-16-17(26)18(27)19(28)21(31-16)30-15-7-12-13(25)5-11(24)6-14(12)29-20(15)9-1-3-10(23)4-2-9;/h1-7,16-19,21-22,26-28H,8H2,(H2-,23,24,25);1H/t16-,17+,18-,19-,21-;/m1./s1. The average molecular weight is 469 g/mol. The number of benzene rings is 2. The van der Waals surface area contributed by atoms with E-state index in [1.807, 2.05) is 0 Å². The molecule has 0 radical (unpaired) electrons. The van der Waals surface area contributed by atoms with E-state index in [2.05, 4.69) is 0 Å². The zero-order valence-corrected chi connectivity index (χ0v) is 17.1. The van der Waals surface area contributed by atoms with Gasteiger partial charge in [-0.15, -0.1) is 0 Å². The zero-order chi connectivity index (χ0) is 22.3. The lowest BCUT2D eigenvalue weighted by Gasteiger charge is -2.39. The Balaban J connectivity index is 0.00000289. The molecule has 1 saturated heterocycles. The van der Waals surface area contributed by atoms with Gasteiger partial charge in [-0.05, 0) is 24.3 Å². The largest absolute Gasteiger partial charge is 1.00 e. The van der Waals surface area contributed by atoms with Crippen LogP contribution >= 0.6 is 0 Å². The highest BCUT2D eigenvalue weighted by Gasteiger charge is 2.45. The fraction of sp³-hybridized carbons (Fsp3) is 0.286. The first-order chi connectivity index (χ1) is 14.8. The normalized spacial score (nSPS) is 25.3. The Morgan fingerprint density at radius 1 is 0.875 bits per heavy atom. The molecule has 0 saturated carbocycles. The molecule has 0 spiro atoms. The molecule has 2 aromatic carbocycles. The van der Waals surface area contributed by atoms with Crippen LogP contribution in [0.2, 0.25) is 0 Å². The Bertz CT molecular complexity index is 1090. The summed E-state index contributed by atoms with van der Waals surface area (Å²) in [5.41, 5.74) is 0.573. The third kappa shape index (κ3) is 4.37. The monoisotopic (exact) mass is 468 g/mol. The molecule has 3 aromatic rings. The molecule has 1 fully saturated rings. The van der Waals surface area contributed by atoms with Crippen LogP contribution in [0.15, 0.2) is 46.9 Å². The third-order valence-corrected chi connectivity index (χ3v) is 5.04. The first-order valence-electron chi connectivity index (χ1n) is 9.38. The summed E-state index contributed by atoms with van der Waals surface area (Å²) in [7, 11) is 0. The Hall–Kier alpha value is -2.86. The van der Waals surface area contributed by atoms with Crippen molar-refractivity contribution < 1.29 is 62.0 Å². The van der Waals surface area contributed by atoms with Crippen molar-refractivity contribution in [2.45, 2.75) is 30.7 Å². The van der Waals surface area contributed by atoms with Gasteiger partial charge < -0.3 is 57.6 Å². The Morgan fingerprint density at radius 2 is 1.56 bits per heavy atom. The van der Waals surface area contributed by atoms with Crippen LogP contribution in [-0.2, 0) is 4.74 Å². The van der Waals surface area contributed by atoms with Gasteiger partial charge in [0.15, 0.2) is 0 Å². The number of halogens is 1. The highest BCUT2D eigenvalue weighted by atomic mass is 35.5. The number of phenolic OH excluding ortho intramolecular Hbond substituents is 3. The lowest BCUT2D eigenvalue weighted by Crippen LogP contribution is -3.00. The van der Waals surface area contributed by atoms with Crippen molar-refractivity contribution in [1.82, 2.24) is 0 Å². The number of aliphatic hydroxyl groups excluding tert-OH is 4. The molecule has 5 atom stereocenters. The number of hydrogen-bond donors (Lipinski definition) is 7. The Kier molecular flexibility index (Phi) is 6.94. The number of rotatable bonds is 4. The van der Waals surface area contributed by atoms with E-state index in [1.54, 1.807) is 0 Å².